The summed E-state index contributed by atoms with van der Waals surface area (Å²) < 4.78 is 22.6. The third-order valence-electron chi connectivity index (χ3n) is 8.32. The second kappa shape index (κ2) is 11.8. The summed E-state index contributed by atoms with van der Waals surface area (Å²) in [6.45, 7) is 5.16. The van der Waals surface area contributed by atoms with Gasteiger partial charge in [-0.15, -0.1) is 0 Å². The van der Waals surface area contributed by atoms with Gasteiger partial charge in [0.15, 0.2) is 5.60 Å². The molecule has 3 amide bonds. The maximum absolute atomic E-state index is 16.0. The standard InChI is InChI=1S/C32H36FN3O5Si/c1-21-29(42(2,3)33)27(19-28(38)36(16-17-37)20-22-10-6-4-7-11-22)41-32(21)25-18-24(14-15-26(25)35-31(32)40)34-30(39)23-12-8-5-9-13-23/h4-15,18,21,27,29,37H,16-17,19-20H2,1-3H3,(H,34,39)(H,35,40)/t21-,27+,29-,32+/m0/s1. The molecule has 1 saturated heterocycles. The molecule has 3 N–H and O–H groups in total. The molecule has 0 aliphatic carbocycles. The van der Waals surface area contributed by atoms with E-state index in [0.717, 1.165) is 5.56 Å². The molecule has 5 rings (SSSR count). The van der Waals surface area contributed by atoms with Crippen LogP contribution in [0.5, 0.6) is 0 Å². The number of hydrogen-bond acceptors (Lipinski definition) is 5. The third-order valence-corrected chi connectivity index (χ3v) is 10.8. The van der Waals surface area contributed by atoms with Crippen LogP contribution in [0, 0.1) is 5.92 Å². The zero-order valence-corrected chi connectivity index (χ0v) is 25.0. The van der Waals surface area contributed by atoms with Gasteiger partial charge in [-0.05, 0) is 49.0 Å². The van der Waals surface area contributed by atoms with Gasteiger partial charge in [-0.25, -0.2) is 0 Å². The van der Waals surface area contributed by atoms with Crippen LogP contribution in [0.3, 0.4) is 0 Å². The second-order valence-corrected chi connectivity index (χ2v) is 15.3. The molecule has 2 heterocycles. The Morgan fingerprint density at radius 1 is 1.07 bits per heavy atom. The number of nitrogens with zero attached hydrogens (tertiary/aromatic N) is 1. The highest BCUT2D eigenvalue weighted by molar-refractivity contribution is 6.72. The van der Waals surface area contributed by atoms with Crippen LogP contribution < -0.4 is 10.6 Å². The lowest BCUT2D eigenvalue weighted by Gasteiger charge is -2.31. The lowest BCUT2D eigenvalue weighted by Crippen LogP contribution is -2.42. The minimum Gasteiger partial charge on any atom is -0.395 e. The van der Waals surface area contributed by atoms with Crippen LogP contribution in [0.4, 0.5) is 15.5 Å². The molecule has 220 valence electrons. The van der Waals surface area contributed by atoms with E-state index in [1.165, 1.54) is 4.90 Å². The summed E-state index contributed by atoms with van der Waals surface area (Å²) in [4.78, 5) is 41.6. The van der Waals surface area contributed by atoms with E-state index in [4.69, 9.17) is 4.74 Å². The number of anilines is 2. The predicted octanol–water partition coefficient (Wildman–Crippen LogP) is 5.08. The normalized spacial score (nSPS) is 23.0. The molecule has 1 spiro atoms. The zero-order chi connectivity index (χ0) is 30.1. The predicted molar refractivity (Wildman–Crippen MR) is 161 cm³/mol. The smallest absolute Gasteiger partial charge is 0.261 e. The Morgan fingerprint density at radius 3 is 2.38 bits per heavy atom. The summed E-state index contributed by atoms with van der Waals surface area (Å²) >= 11 is 0. The highest BCUT2D eigenvalue weighted by Crippen LogP contribution is 2.59. The molecule has 8 nitrogen and oxygen atoms in total. The summed E-state index contributed by atoms with van der Waals surface area (Å²) in [6, 6.07) is 23.3. The molecule has 2 aliphatic rings. The topological polar surface area (TPSA) is 108 Å². The van der Waals surface area contributed by atoms with Crippen molar-refractivity contribution < 1.29 is 28.3 Å². The van der Waals surface area contributed by atoms with Crippen LogP contribution in [0.15, 0.2) is 78.9 Å². The first-order valence-electron chi connectivity index (χ1n) is 14.2. The van der Waals surface area contributed by atoms with Gasteiger partial charge in [0, 0.05) is 47.1 Å². The van der Waals surface area contributed by atoms with Gasteiger partial charge in [-0.1, -0.05) is 55.5 Å². The maximum Gasteiger partial charge on any atom is 0.261 e. The summed E-state index contributed by atoms with van der Waals surface area (Å²) in [5.74, 6) is -1.58. The number of aliphatic hydroxyl groups is 1. The van der Waals surface area contributed by atoms with Crippen LogP contribution in [-0.4, -0.2) is 55.4 Å². The maximum atomic E-state index is 16.0. The number of benzene rings is 3. The van der Waals surface area contributed by atoms with Crippen molar-refractivity contribution in [2.45, 2.75) is 50.2 Å². The fourth-order valence-electron chi connectivity index (χ4n) is 6.45. The van der Waals surface area contributed by atoms with E-state index >= 15 is 4.11 Å². The fourth-order valence-corrected chi connectivity index (χ4v) is 8.95. The van der Waals surface area contributed by atoms with E-state index in [9.17, 15) is 19.5 Å². The first-order chi connectivity index (χ1) is 20.0. The van der Waals surface area contributed by atoms with Crippen LogP contribution in [0.25, 0.3) is 0 Å². The lowest BCUT2D eigenvalue weighted by atomic mass is 9.82. The first-order valence-corrected chi connectivity index (χ1v) is 17.1. The average molecular weight is 590 g/mol. The van der Waals surface area contributed by atoms with Gasteiger partial charge < -0.3 is 29.5 Å². The summed E-state index contributed by atoms with van der Waals surface area (Å²) in [5, 5.41) is 15.4. The van der Waals surface area contributed by atoms with E-state index in [2.05, 4.69) is 10.6 Å². The van der Waals surface area contributed by atoms with E-state index in [-0.39, 0.29) is 31.4 Å². The minimum atomic E-state index is -3.47. The largest absolute Gasteiger partial charge is 0.395 e. The SMILES string of the molecule is C[C@H]1[C@H]([Si](C)(C)F)[C@@H](CC(=O)N(CCO)Cc2ccccc2)O[C@]12C(=O)Nc1ccc(NC(=O)c3ccccc3)cc12. The van der Waals surface area contributed by atoms with Crippen molar-refractivity contribution in [3.05, 3.63) is 95.6 Å². The van der Waals surface area contributed by atoms with Crippen molar-refractivity contribution >= 4 is 37.5 Å². The van der Waals surface area contributed by atoms with E-state index in [1.54, 1.807) is 55.6 Å². The van der Waals surface area contributed by atoms with Crippen molar-refractivity contribution in [2.24, 2.45) is 5.92 Å². The molecule has 1 fully saturated rings. The van der Waals surface area contributed by atoms with Crippen molar-refractivity contribution in [1.82, 2.24) is 4.90 Å². The van der Waals surface area contributed by atoms with Crippen LogP contribution >= 0.6 is 0 Å². The number of halogens is 1. The Morgan fingerprint density at radius 2 is 1.74 bits per heavy atom. The van der Waals surface area contributed by atoms with E-state index < -0.39 is 37.5 Å². The number of carbonyl (C=O) groups excluding carboxylic acids is 3. The number of aliphatic hydroxyl groups excluding tert-OH is 1. The van der Waals surface area contributed by atoms with Gasteiger partial charge in [0.05, 0.1) is 19.1 Å². The molecule has 3 aromatic rings. The minimum absolute atomic E-state index is 0.121. The van der Waals surface area contributed by atoms with Gasteiger partial charge in [0.25, 0.3) is 11.8 Å². The van der Waals surface area contributed by atoms with Crippen molar-refractivity contribution in [3.8, 4) is 0 Å². The fraction of sp³-hybridized carbons (Fsp3) is 0.344. The van der Waals surface area contributed by atoms with Gasteiger partial charge in [-0.2, -0.15) is 0 Å². The molecule has 0 bridgehead atoms. The monoisotopic (exact) mass is 589 g/mol. The van der Waals surface area contributed by atoms with Crippen LogP contribution in [-0.2, 0) is 26.5 Å². The average Bonchev–Trinajstić information content (AvgIpc) is 3.42. The van der Waals surface area contributed by atoms with Crippen LogP contribution in [0.2, 0.25) is 18.6 Å². The van der Waals surface area contributed by atoms with Gasteiger partial charge in [0.1, 0.15) is 0 Å². The van der Waals surface area contributed by atoms with E-state index in [0.29, 0.717) is 29.0 Å². The molecule has 0 aromatic heterocycles. The Bertz CT molecular complexity index is 1470. The first kappa shape index (κ1) is 29.6. The molecule has 3 aromatic carbocycles. The summed E-state index contributed by atoms with van der Waals surface area (Å²) in [5.41, 5.74) is 0.727. The van der Waals surface area contributed by atoms with Gasteiger partial charge in [-0.3, -0.25) is 14.4 Å². The third kappa shape index (κ3) is 5.62. The highest BCUT2D eigenvalue weighted by atomic mass is 28.4. The molecule has 42 heavy (non-hydrogen) atoms. The highest BCUT2D eigenvalue weighted by Gasteiger charge is 2.65. The molecule has 0 radical (unpaired) electrons. The number of hydrogen-bond donors (Lipinski definition) is 3. The number of carbonyl (C=O) groups is 3. The van der Waals surface area contributed by atoms with Crippen molar-refractivity contribution in [2.75, 3.05) is 23.8 Å². The Balaban J connectivity index is 1.44. The van der Waals surface area contributed by atoms with Crippen molar-refractivity contribution in [1.29, 1.82) is 0 Å². The number of fused-ring (bicyclic) bond motifs is 2. The quantitative estimate of drug-likeness (QED) is 0.238. The van der Waals surface area contributed by atoms with E-state index in [1.807, 2.05) is 43.3 Å². The number of rotatable bonds is 9. The molecule has 2 aliphatic heterocycles. The molecular weight excluding hydrogens is 553 g/mol. The molecule has 0 unspecified atom stereocenters. The molecule has 0 saturated carbocycles. The van der Waals surface area contributed by atoms with Gasteiger partial charge in [0.2, 0.25) is 14.3 Å². The Kier molecular flexibility index (Phi) is 8.32. The lowest BCUT2D eigenvalue weighted by molar-refractivity contribution is -0.148. The Hall–Kier alpha value is -3.86. The number of amides is 3. The Labute approximate surface area is 246 Å². The second-order valence-electron chi connectivity index (χ2n) is 11.5. The summed E-state index contributed by atoms with van der Waals surface area (Å²) in [7, 11) is -3.47. The zero-order valence-electron chi connectivity index (χ0n) is 24.0. The molecule has 10 heteroatoms. The van der Waals surface area contributed by atoms with Gasteiger partial charge >= 0.3 is 0 Å². The molecular formula is C32H36FN3O5Si. The van der Waals surface area contributed by atoms with Crippen LogP contribution in [0.1, 0.15) is 34.8 Å². The summed E-state index contributed by atoms with van der Waals surface area (Å²) in [6.07, 6.45) is -0.979. The number of ether oxygens (including phenoxy) is 1. The van der Waals surface area contributed by atoms with Crippen molar-refractivity contribution in [3.63, 3.8) is 0 Å². The molecule has 4 atom stereocenters. The number of nitrogens with one attached hydrogen (secondary N) is 2.